The van der Waals surface area contributed by atoms with Crippen LogP contribution in [0.25, 0.3) is 0 Å². The second-order valence-corrected chi connectivity index (χ2v) is 4.76. The SMILES string of the molecule is COc1ccccc1C[NH+]1CCCC[C@H]1C(=O)[O-]. The van der Waals surface area contributed by atoms with Gasteiger partial charge in [-0.15, -0.1) is 0 Å². The van der Waals surface area contributed by atoms with E-state index >= 15 is 0 Å². The monoisotopic (exact) mass is 249 g/mol. The Morgan fingerprint density at radius 2 is 2.22 bits per heavy atom. The molecule has 4 nitrogen and oxygen atoms in total. The van der Waals surface area contributed by atoms with E-state index in [2.05, 4.69) is 0 Å². The summed E-state index contributed by atoms with van der Waals surface area (Å²) in [6, 6.07) is 7.39. The number of quaternary nitrogens is 1. The Bertz CT molecular complexity index is 419. The number of carbonyl (C=O) groups is 1. The molecule has 0 saturated carbocycles. The van der Waals surface area contributed by atoms with Gasteiger partial charge in [-0.1, -0.05) is 12.1 Å². The van der Waals surface area contributed by atoms with Gasteiger partial charge in [0.1, 0.15) is 18.3 Å². The number of para-hydroxylation sites is 1. The number of hydrogen-bond donors (Lipinski definition) is 1. The van der Waals surface area contributed by atoms with Gasteiger partial charge >= 0.3 is 0 Å². The maximum absolute atomic E-state index is 11.1. The molecule has 0 bridgehead atoms. The maximum atomic E-state index is 11.1. The lowest BCUT2D eigenvalue weighted by Gasteiger charge is -2.33. The lowest BCUT2D eigenvalue weighted by atomic mass is 10.0. The number of rotatable bonds is 4. The molecule has 0 amide bonds. The molecule has 1 fully saturated rings. The molecule has 18 heavy (non-hydrogen) atoms. The van der Waals surface area contributed by atoms with Crippen LogP contribution < -0.4 is 14.7 Å². The molecule has 1 unspecified atom stereocenters. The van der Waals surface area contributed by atoms with Gasteiger partial charge in [-0.2, -0.15) is 0 Å². The minimum Gasteiger partial charge on any atom is -0.544 e. The predicted molar refractivity (Wildman–Crippen MR) is 65.2 cm³/mol. The summed E-state index contributed by atoms with van der Waals surface area (Å²) in [6.45, 7) is 1.57. The lowest BCUT2D eigenvalue weighted by molar-refractivity contribution is -0.937. The van der Waals surface area contributed by atoms with Crippen LogP contribution in [0.2, 0.25) is 0 Å². The van der Waals surface area contributed by atoms with Crippen molar-refractivity contribution in [2.45, 2.75) is 31.8 Å². The molecule has 1 saturated heterocycles. The van der Waals surface area contributed by atoms with Gasteiger partial charge in [-0.05, 0) is 25.0 Å². The summed E-state index contributed by atoms with van der Waals surface area (Å²) in [6.07, 6.45) is 2.77. The lowest BCUT2D eigenvalue weighted by Crippen LogP contribution is -3.17. The van der Waals surface area contributed by atoms with Crippen LogP contribution in [0.5, 0.6) is 5.75 Å². The molecule has 98 valence electrons. The molecule has 1 aliphatic rings. The number of nitrogens with one attached hydrogen (secondary N) is 1. The van der Waals surface area contributed by atoms with Crippen molar-refractivity contribution in [2.75, 3.05) is 13.7 Å². The summed E-state index contributed by atoms with van der Waals surface area (Å²) >= 11 is 0. The zero-order valence-electron chi connectivity index (χ0n) is 10.6. The number of methoxy groups -OCH3 is 1. The van der Waals surface area contributed by atoms with Gasteiger partial charge in [-0.25, -0.2) is 0 Å². The highest BCUT2D eigenvalue weighted by Crippen LogP contribution is 2.16. The summed E-state index contributed by atoms with van der Waals surface area (Å²) in [5.74, 6) is -0.104. The van der Waals surface area contributed by atoms with Crippen LogP contribution in [-0.4, -0.2) is 25.7 Å². The number of carboxylic acid groups (broad SMARTS) is 1. The quantitative estimate of drug-likeness (QED) is 0.774. The van der Waals surface area contributed by atoms with Crippen LogP contribution >= 0.6 is 0 Å². The van der Waals surface area contributed by atoms with Gasteiger partial charge in [0.2, 0.25) is 0 Å². The standard InChI is InChI=1S/C14H19NO3/c1-18-13-8-3-2-6-11(13)10-15-9-5-4-7-12(15)14(16)17/h2-3,6,8,12H,4-5,7,9-10H2,1H3,(H,16,17)/t12-/m0/s1. The summed E-state index contributed by atoms with van der Waals surface area (Å²) in [5.41, 5.74) is 1.06. The summed E-state index contributed by atoms with van der Waals surface area (Å²) < 4.78 is 5.31. The van der Waals surface area contributed by atoms with Crippen LogP contribution in [-0.2, 0) is 11.3 Å². The van der Waals surface area contributed by atoms with Crippen molar-refractivity contribution in [2.24, 2.45) is 0 Å². The van der Waals surface area contributed by atoms with E-state index in [1.54, 1.807) is 7.11 Å². The van der Waals surface area contributed by atoms with Gasteiger partial charge in [0.05, 0.1) is 19.6 Å². The fraction of sp³-hybridized carbons (Fsp3) is 0.500. The van der Waals surface area contributed by atoms with Crippen molar-refractivity contribution in [1.29, 1.82) is 0 Å². The Morgan fingerprint density at radius 1 is 1.44 bits per heavy atom. The zero-order chi connectivity index (χ0) is 13.0. The van der Waals surface area contributed by atoms with E-state index < -0.39 is 5.97 Å². The van der Waals surface area contributed by atoms with Crippen molar-refractivity contribution in [3.63, 3.8) is 0 Å². The number of carbonyl (C=O) groups excluding carboxylic acids is 1. The summed E-state index contributed by atoms with van der Waals surface area (Å²) in [4.78, 5) is 12.2. The molecule has 4 heteroatoms. The summed E-state index contributed by atoms with van der Waals surface area (Å²) in [5, 5.41) is 11.1. The third-order valence-electron chi connectivity index (χ3n) is 3.63. The number of hydrogen-bond acceptors (Lipinski definition) is 3. The number of likely N-dealkylation sites (tertiary alicyclic amines) is 1. The Hall–Kier alpha value is -1.55. The molecule has 1 aromatic carbocycles. The van der Waals surface area contributed by atoms with E-state index in [-0.39, 0.29) is 6.04 Å². The molecule has 0 radical (unpaired) electrons. The van der Waals surface area contributed by atoms with E-state index in [1.165, 1.54) is 0 Å². The van der Waals surface area contributed by atoms with Crippen LogP contribution in [0, 0.1) is 0 Å². The average molecular weight is 249 g/mol. The first-order chi connectivity index (χ1) is 8.72. The maximum Gasteiger partial charge on any atom is 0.128 e. The molecular formula is C14H19NO3. The highest BCUT2D eigenvalue weighted by Gasteiger charge is 2.27. The highest BCUT2D eigenvalue weighted by molar-refractivity contribution is 5.69. The number of aliphatic carboxylic acids is 1. The van der Waals surface area contributed by atoms with Crippen LogP contribution in [0.1, 0.15) is 24.8 Å². The van der Waals surface area contributed by atoms with Gasteiger partial charge in [0.15, 0.2) is 0 Å². The Kier molecular flexibility index (Phi) is 4.20. The Morgan fingerprint density at radius 3 is 2.94 bits per heavy atom. The molecule has 2 rings (SSSR count). The molecule has 0 spiro atoms. The van der Waals surface area contributed by atoms with Crippen LogP contribution in [0.3, 0.4) is 0 Å². The molecule has 2 atom stereocenters. The van der Waals surface area contributed by atoms with E-state index in [1.807, 2.05) is 24.3 Å². The van der Waals surface area contributed by atoms with Gasteiger partial charge in [0.25, 0.3) is 0 Å². The smallest absolute Gasteiger partial charge is 0.128 e. The van der Waals surface area contributed by atoms with Crippen molar-refractivity contribution in [3.8, 4) is 5.75 Å². The molecule has 1 heterocycles. The van der Waals surface area contributed by atoms with E-state index in [0.717, 1.165) is 35.6 Å². The van der Waals surface area contributed by atoms with Gasteiger partial charge < -0.3 is 19.5 Å². The fourth-order valence-electron chi connectivity index (χ4n) is 2.67. The number of benzene rings is 1. The summed E-state index contributed by atoms with van der Waals surface area (Å²) in [7, 11) is 1.64. The number of carboxylic acids is 1. The highest BCUT2D eigenvalue weighted by atomic mass is 16.5. The number of ether oxygens (including phenoxy) is 1. The third kappa shape index (κ3) is 2.82. The van der Waals surface area contributed by atoms with Crippen molar-refractivity contribution < 1.29 is 19.5 Å². The predicted octanol–water partition coefficient (Wildman–Crippen LogP) is -0.617. The Labute approximate surface area is 107 Å². The molecule has 0 aromatic heterocycles. The van der Waals surface area contributed by atoms with Gasteiger partial charge in [-0.3, -0.25) is 0 Å². The minimum absolute atomic E-state index is 0.385. The topological polar surface area (TPSA) is 53.8 Å². The van der Waals surface area contributed by atoms with E-state index in [0.29, 0.717) is 13.0 Å². The zero-order valence-corrected chi connectivity index (χ0v) is 10.6. The van der Waals surface area contributed by atoms with Crippen molar-refractivity contribution in [3.05, 3.63) is 29.8 Å². The molecule has 1 N–H and O–H groups in total. The minimum atomic E-state index is -0.931. The molecule has 1 aromatic rings. The van der Waals surface area contributed by atoms with Crippen LogP contribution in [0.4, 0.5) is 0 Å². The normalized spacial score (nSPS) is 23.6. The fourth-order valence-corrected chi connectivity index (χ4v) is 2.67. The van der Waals surface area contributed by atoms with Crippen molar-refractivity contribution in [1.82, 2.24) is 0 Å². The third-order valence-corrected chi connectivity index (χ3v) is 3.63. The second-order valence-electron chi connectivity index (χ2n) is 4.76. The largest absolute Gasteiger partial charge is 0.544 e. The first kappa shape index (κ1) is 12.9. The Balaban J connectivity index is 2.13. The second kappa shape index (κ2) is 5.87. The molecule has 1 aliphatic heterocycles. The molecule has 0 aliphatic carbocycles. The first-order valence-electron chi connectivity index (χ1n) is 6.39. The van der Waals surface area contributed by atoms with Crippen molar-refractivity contribution >= 4 is 5.97 Å². The number of piperidine rings is 1. The first-order valence-corrected chi connectivity index (χ1v) is 6.39. The average Bonchev–Trinajstić information content (AvgIpc) is 2.40. The van der Waals surface area contributed by atoms with E-state index in [9.17, 15) is 9.90 Å². The van der Waals surface area contributed by atoms with Crippen LogP contribution in [0.15, 0.2) is 24.3 Å². The van der Waals surface area contributed by atoms with E-state index in [4.69, 9.17) is 4.74 Å². The molecular weight excluding hydrogens is 230 g/mol. The van der Waals surface area contributed by atoms with Gasteiger partial charge in [0, 0.05) is 12.0 Å².